The Morgan fingerprint density at radius 3 is 2.52 bits per heavy atom. The Bertz CT molecular complexity index is 849. The third-order valence-electron chi connectivity index (χ3n) is 3.50. The van der Waals surface area contributed by atoms with Crippen molar-refractivity contribution in [2.75, 3.05) is 23.4 Å². The van der Waals surface area contributed by atoms with E-state index in [9.17, 15) is 23.2 Å². The summed E-state index contributed by atoms with van der Waals surface area (Å²) in [6, 6.07) is 8.89. The lowest BCUT2D eigenvalue weighted by Crippen LogP contribution is -2.44. The standard InChI is InChI=1S/C17H12F2N2O4/c18-11-5-10(6-12(19)7-11)17(24)25-9-16(23)21-8-15(22)20-13-3-1-2-4-14(13)21/h1-7H,8-9H2,(H,20,22). The first-order valence-corrected chi connectivity index (χ1v) is 7.26. The zero-order valence-corrected chi connectivity index (χ0v) is 12.8. The summed E-state index contributed by atoms with van der Waals surface area (Å²) in [5.74, 6) is -3.92. The van der Waals surface area contributed by atoms with Gasteiger partial charge in [-0.25, -0.2) is 13.6 Å². The van der Waals surface area contributed by atoms with Gasteiger partial charge < -0.3 is 10.1 Å². The molecule has 8 heteroatoms. The second-order valence-electron chi connectivity index (χ2n) is 5.28. The molecule has 1 N–H and O–H groups in total. The summed E-state index contributed by atoms with van der Waals surface area (Å²) in [7, 11) is 0. The highest BCUT2D eigenvalue weighted by Gasteiger charge is 2.27. The summed E-state index contributed by atoms with van der Waals surface area (Å²) in [5, 5.41) is 2.62. The molecule has 0 spiro atoms. The molecular weight excluding hydrogens is 334 g/mol. The minimum absolute atomic E-state index is 0.220. The molecule has 0 aliphatic carbocycles. The summed E-state index contributed by atoms with van der Waals surface area (Å²) >= 11 is 0. The zero-order valence-electron chi connectivity index (χ0n) is 12.8. The Kier molecular flexibility index (Phi) is 4.42. The second-order valence-corrected chi connectivity index (χ2v) is 5.28. The number of halogens is 2. The average molecular weight is 346 g/mol. The molecule has 0 fully saturated rings. The van der Waals surface area contributed by atoms with Gasteiger partial charge in [0.1, 0.15) is 18.2 Å². The lowest BCUT2D eigenvalue weighted by Gasteiger charge is -2.28. The Morgan fingerprint density at radius 2 is 1.80 bits per heavy atom. The van der Waals surface area contributed by atoms with Gasteiger partial charge in [0.15, 0.2) is 6.61 Å². The van der Waals surface area contributed by atoms with E-state index in [0.717, 1.165) is 12.1 Å². The molecule has 6 nitrogen and oxygen atoms in total. The molecule has 128 valence electrons. The first-order valence-electron chi connectivity index (χ1n) is 7.26. The summed E-state index contributed by atoms with van der Waals surface area (Å²) in [5.41, 5.74) is 0.590. The normalized spacial score (nSPS) is 13.0. The van der Waals surface area contributed by atoms with Gasteiger partial charge in [-0.2, -0.15) is 0 Å². The Labute approximate surface area is 141 Å². The van der Waals surface area contributed by atoms with Gasteiger partial charge in [-0.15, -0.1) is 0 Å². The minimum atomic E-state index is -1.04. The third-order valence-corrected chi connectivity index (χ3v) is 3.50. The molecule has 0 atom stereocenters. The van der Waals surface area contributed by atoms with Crippen molar-refractivity contribution in [3.63, 3.8) is 0 Å². The Balaban J connectivity index is 1.70. The van der Waals surface area contributed by atoms with Gasteiger partial charge in [0.05, 0.1) is 16.9 Å². The molecule has 25 heavy (non-hydrogen) atoms. The van der Waals surface area contributed by atoms with Gasteiger partial charge in [0.2, 0.25) is 5.91 Å². The number of hydrogen-bond donors (Lipinski definition) is 1. The summed E-state index contributed by atoms with van der Waals surface area (Å²) < 4.78 is 31.0. The van der Waals surface area contributed by atoms with E-state index in [-0.39, 0.29) is 18.0 Å². The predicted octanol–water partition coefficient (Wildman–Crippen LogP) is 2.11. The van der Waals surface area contributed by atoms with E-state index >= 15 is 0 Å². The van der Waals surface area contributed by atoms with Crippen LogP contribution in [0.3, 0.4) is 0 Å². The molecule has 0 aromatic heterocycles. The Hall–Kier alpha value is -3.29. The number of nitrogens with zero attached hydrogens (tertiary/aromatic N) is 1. The van der Waals surface area contributed by atoms with Crippen molar-refractivity contribution in [2.45, 2.75) is 0 Å². The average Bonchev–Trinajstić information content (AvgIpc) is 2.57. The number of hydrogen-bond acceptors (Lipinski definition) is 4. The number of benzene rings is 2. The van der Waals surface area contributed by atoms with E-state index < -0.39 is 30.1 Å². The van der Waals surface area contributed by atoms with Gasteiger partial charge in [0, 0.05) is 6.07 Å². The van der Waals surface area contributed by atoms with Crippen LogP contribution < -0.4 is 10.2 Å². The van der Waals surface area contributed by atoms with E-state index in [1.807, 2.05) is 0 Å². The van der Waals surface area contributed by atoms with Crippen molar-refractivity contribution in [3.8, 4) is 0 Å². The summed E-state index contributed by atoms with van der Waals surface area (Å²) in [6.45, 7) is -0.888. The third kappa shape index (κ3) is 3.63. The van der Waals surface area contributed by atoms with Crippen LogP contribution in [-0.2, 0) is 14.3 Å². The quantitative estimate of drug-likeness (QED) is 0.864. The summed E-state index contributed by atoms with van der Waals surface area (Å²) in [4.78, 5) is 37.0. The molecule has 0 bridgehead atoms. The number of nitrogens with one attached hydrogen (secondary N) is 1. The summed E-state index contributed by atoms with van der Waals surface area (Å²) in [6.07, 6.45) is 0. The molecule has 0 radical (unpaired) electrons. The van der Waals surface area contributed by atoms with Crippen LogP contribution in [0, 0.1) is 11.6 Å². The molecular formula is C17H12F2N2O4. The lowest BCUT2D eigenvalue weighted by molar-refractivity contribution is -0.124. The van der Waals surface area contributed by atoms with Crippen LogP contribution in [0.5, 0.6) is 0 Å². The van der Waals surface area contributed by atoms with Crippen LogP contribution >= 0.6 is 0 Å². The predicted molar refractivity (Wildman–Crippen MR) is 84.1 cm³/mol. The Morgan fingerprint density at radius 1 is 1.12 bits per heavy atom. The van der Waals surface area contributed by atoms with Crippen molar-refractivity contribution in [2.24, 2.45) is 0 Å². The van der Waals surface area contributed by atoms with Gasteiger partial charge in [0.25, 0.3) is 5.91 Å². The number of amides is 2. The molecule has 1 aliphatic heterocycles. The largest absolute Gasteiger partial charge is 0.452 e. The number of fused-ring (bicyclic) bond motifs is 1. The van der Waals surface area contributed by atoms with Crippen molar-refractivity contribution in [1.82, 2.24) is 0 Å². The monoisotopic (exact) mass is 346 g/mol. The van der Waals surface area contributed by atoms with E-state index in [1.165, 1.54) is 4.90 Å². The van der Waals surface area contributed by atoms with Crippen LogP contribution in [-0.4, -0.2) is 30.9 Å². The number of rotatable bonds is 3. The van der Waals surface area contributed by atoms with Crippen molar-refractivity contribution >= 4 is 29.2 Å². The first-order chi connectivity index (χ1) is 11.9. The fourth-order valence-corrected chi connectivity index (χ4v) is 2.42. The molecule has 0 saturated heterocycles. The maximum absolute atomic E-state index is 13.1. The molecule has 2 aromatic carbocycles. The number of carbonyl (C=O) groups is 3. The van der Waals surface area contributed by atoms with Crippen LogP contribution in [0.15, 0.2) is 42.5 Å². The van der Waals surface area contributed by atoms with Crippen LogP contribution in [0.1, 0.15) is 10.4 Å². The number of anilines is 2. The zero-order chi connectivity index (χ0) is 18.0. The van der Waals surface area contributed by atoms with Crippen molar-refractivity contribution in [3.05, 3.63) is 59.7 Å². The van der Waals surface area contributed by atoms with Crippen LogP contribution in [0.2, 0.25) is 0 Å². The number of ether oxygens (including phenoxy) is 1. The molecule has 3 rings (SSSR count). The molecule has 2 aromatic rings. The number of esters is 1. The highest BCUT2D eigenvalue weighted by molar-refractivity contribution is 6.10. The molecule has 1 heterocycles. The first kappa shape index (κ1) is 16.6. The highest BCUT2D eigenvalue weighted by Crippen LogP contribution is 2.28. The fraction of sp³-hybridized carbons (Fsp3) is 0.118. The molecule has 1 aliphatic rings. The van der Waals surface area contributed by atoms with E-state index in [1.54, 1.807) is 24.3 Å². The highest BCUT2D eigenvalue weighted by atomic mass is 19.1. The van der Waals surface area contributed by atoms with Gasteiger partial charge >= 0.3 is 5.97 Å². The van der Waals surface area contributed by atoms with Gasteiger partial charge in [-0.3, -0.25) is 14.5 Å². The number of para-hydroxylation sites is 2. The van der Waals surface area contributed by atoms with Crippen LogP contribution in [0.4, 0.5) is 20.2 Å². The van der Waals surface area contributed by atoms with E-state index in [4.69, 9.17) is 4.74 Å². The molecule has 0 saturated carbocycles. The SMILES string of the molecule is O=C1CN(C(=O)COC(=O)c2cc(F)cc(F)c2)c2ccccc2N1. The second kappa shape index (κ2) is 6.68. The topological polar surface area (TPSA) is 75.7 Å². The van der Waals surface area contributed by atoms with E-state index in [2.05, 4.69) is 5.32 Å². The van der Waals surface area contributed by atoms with Crippen molar-refractivity contribution in [1.29, 1.82) is 0 Å². The lowest BCUT2D eigenvalue weighted by atomic mass is 10.2. The molecule has 0 unspecified atom stereocenters. The van der Waals surface area contributed by atoms with Crippen LogP contribution in [0.25, 0.3) is 0 Å². The van der Waals surface area contributed by atoms with E-state index in [0.29, 0.717) is 17.4 Å². The molecule has 2 amide bonds. The maximum atomic E-state index is 13.1. The van der Waals surface area contributed by atoms with Gasteiger partial charge in [-0.05, 0) is 24.3 Å². The number of carbonyl (C=O) groups excluding carboxylic acids is 3. The van der Waals surface area contributed by atoms with Gasteiger partial charge in [-0.1, -0.05) is 12.1 Å². The smallest absolute Gasteiger partial charge is 0.338 e. The minimum Gasteiger partial charge on any atom is -0.452 e. The fourth-order valence-electron chi connectivity index (χ4n) is 2.42. The maximum Gasteiger partial charge on any atom is 0.338 e. The van der Waals surface area contributed by atoms with Crippen molar-refractivity contribution < 1.29 is 27.9 Å².